The average molecular weight is 278 g/mol. The Morgan fingerprint density at radius 1 is 1.25 bits per heavy atom. The zero-order valence-corrected chi connectivity index (χ0v) is 10.5. The predicted octanol–water partition coefficient (Wildman–Crippen LogP) is 3.46. The van der Waals surface area contributed by atoms with Crippen molar-refractivity contribution in [1.82, 2.24) is 4.98 Å². The van der Waals surface area contributed by atoms with Crippen molar-refractivity contribution in [3.05, 3.63) is 40.0 Å². The largest absolute Gasteiger partial charge is 0.375 e. The van der Waals surface area contributed by atoms with Crippen LogP contribution in [-0.2, 0) is 17.8 Å². The summed E-state index contributed by atoms with van der Waals surface area (Å²) in [6.45, 7) is 1.49. The standard InChI is InChI=1S/C13H12BrNO/c14-11-4-3-10-6-9-2-1-5-16-8-13(9)15-12(10)7-11/h3-4,6-7H,1-2,5,8H2. The van der Waals surface area contributed by atoms with Crippen molar-refractivity contribution in [2.75, 3.05) is 6.61 Å². The molecule has 2 heterocycles. The van der Waals surface area contributed by atoms with Crippen molar-refractivity contribution in [2.45, 2.75) is 19.4 Å². The van der Waals surface area contributed by atoms with Gasteiger partial charge in [-0.1, -0.05) is 22.0 Å². The number of nitrogens with zero attached hydrogens (tertiary/aromatic N) is 1. The van der Waals surface area contributed by atoms with E-state index in [2.05, 4.69) is 45.2 Å². The highest BCUT2D eigenvalue weighted by atomic mass is 79.9. The second-order valence-corrected chi connectivity index (χ2v) is 5.00. The second kappa shape index (κ2) is 4.15. The van der Waals surface area contributed by atoms with Crippen LogP contribution in [0.3, 0.4) is 0 Å². The van der Waals surface area contributed by atoms with Crippen molar-refractivity contribution in [3.8, 4) is 0 Å². The number of aromatic nitrogens is 1. The molecule has 16 heavy (non-hydrogen) atoms. The third-order valence-corrected chi connectivity index (χ3v) is 3.42. The van der Waals surface area contributed by atoms with E-state index in [4.69, 9.17) is 4.74 Å². The Kier molecular flexibility index (Phi) is 2.65. The van der Waals surface area contributed by atoms with E-state index in [0.717, 1.165) is 35.1 Å². The maximum Gasteiger partial charge on any atom is 0.0890 e. The minimum absolute atomic E-state index is 0.651. The average Bonchev–Trinajstić information content (AvgIpc) is 2.50. The zero-order chi connectivity index (χ0) is 11.0. The lowest BCUT2D eigenvalue weighted by Gasteiger charge is -2.06. The highest BCUT2D eigenvalue weighted by Gasteiger charge is 2.10. The van der Waals surface area contributed by atoms with Gasteiger partial charge in [0.05, 0.1) is 17.8 Å². The predicted molar refractivity (Wildman–Crippen MR) is 67.4 cm³/mol. The molecule has 1 aromatic carbocycles. The second-order valence-electron chi connectivity index (χ2n) is 4.09. The lowest BCUT2D eigenvalue weighted by molar-refractivity contribution is 0.123. The van der Waals surface area contributed by atoms with E-state index < -0.39 is 0 Å². The number of benzene rings is 1. The van der Waals surface area contributed by atoms with Gasteiger partial charge in [-0.15, -0.1) is 0 Å². The van der Waals surface area contributed by atoms with Crippen molar-refractivity contribution in [1.29, 1.82) is 0 Å². The van der Waals surface area contributed by atoms with E-state index in [1.54, 1.807) is 0 Å². The molecule has 0 fully saturated rings. The van der Waals surface area contributed by atoms with Crippen molar-refractivity contribution in [3.63, 3.8) is 0 Å². The van der Waals surface area contributed by atoms with Gasteiger partial charge in [0.1, 0.15) is 0 Å². The summed E-state index contributed by atoms with van der Waals surface area (Å²) >= 11 is 3.47. The van der Waals surface area contributed by atoms with Gasteiger partial charge < -0.3 is 4.74 Å². The van der Waals surface area contributed by atoms with Crippen molar-refractivity contribution >= 4 is 26.8 Å². The molecule has 2 nitrogen and oxygen atoms in total. The van der Waals surface area contributed by atoms with Gasteiger partial charge in [-0.3, -0.25) is 4.98 Å². The quantitative estimate of drug-likeness (QED) is 0.736. The van der Waals surface area contributed by atoms with Gasteiger partial charge in [0, 0.05) is 16.5 Å². The fourth-order valence-electron chi connectivity index (χ4n) is 2.10. The monoisotopic (exact) mass is 277 g/mol. The van der Waals surface area contributed by atoms with Crippen LogP contribution in [0, 0.1) is 0 Å². The number of aryl methyl sites for hydroxylation is 1. The summed E-state index contributed by atoms with van der Waals surface area (Å²) in [6.07, 6.45) is 2.17. The highest BCUT2D eigenvalue weighted by molar-refractivity contribution is 9.10. The number of rotatable bonds is 0. The number of ether oxygens (including phenoxy) is 1. The van der Waals surface area contributed by atoms with Crippen LogP contribution in [0.1, 0.15) is 17.7 Å². The molecule has 82 valence electrons. The third kappa shape index (κ3) is 1.85. The van der Waals surface area contributed by atoms with Crippen molar-refractivity contribution in [2.24, 2.45) is 0 Å². The van der Waals surface area contributed by atoms with Crippen LogP contribution in [0.4, 0.5) is 0 Å². The van der Waals surface area contributed by atoms with E-state index in [0.29, 0.717) is 6.61 Å². The Morgan fingerprint density at radius 3 is 3.12 bits per heavy atom. The molecule has 0 unspecified atom stereocenters. The first-order valence-electron chi connectivity index (χ1n) is 5.49. The summed E-state index contributed by atoms with van der Waals surface area (Å²) in [4.78, 5) is 4.68. The molecule has 0 spiro atoms. The van der Waals surface area contributed by atoms with Crippen molar-refractivity contribution < 1.29 is 4.74 Å². The molecule has 2 aromatic rings. The third-order valence-electron chi connectivity index (χ3n) is 2.92. The Bertz CT molecular complexity index is 539. The molecule has 1 aromatic heterocycles. The van der Waals surface area contributed by atoms with Gasteiger partial charge >= 0.3 is 0 Å². The molecule has 3 rings (SSSR count). The van der Waals surface area contributed by atoms with E-state index in [1.165, 1.54) is 10.9 Å². The number of pyridine rings is 1. The van der Waals surface area contributed by atoms with E-state index in [1.807, 2.05) is 0 Å². The van der Waals surface area contributed by atoms with Crippen LogP contribution in [0.5, 0.6) is 0 Å². The van der Waals surface area contributed by atoms with Crippen LogP contribution < -0.4 is 0 Å². The number of hydrogen-bond acceptors (Lipinski definition) is 2. The Hall–Kier alpha value is -0.930. The van der Waals surface area contributed by atoms with Gasteiger partial charge in [-0.05, 0) is 36.6 Å². The molecule has 0 atom stereocenters. The first kappa shape index (κ1) is 10.2. The molecule has 0 N–H and O–H groups in total. The van der Waals surface area contributed by atoms with Gasteiger partial charge in [0.15, 0.2) is 0 Å². The maximum atomic E-state index is 5.53. The minimum Gasteiger partial charge on any atom is -0.375 e. The fourth-order valence-corrected chi connectivity index (χ4v) is 2.45. The smallest absolute Gasteiger partial charge is 0.0890 e. The summed E-state index contributed by atoms with van der Waals surface area (Å²) in [5.74, 6) is 0. The zero-order valence-electron chi connectivity index (χ0n) is 8.87. The first-order chi connectivity index (χ1) is 7.83. The molecule has 1 aliphatic heterocycles. The van der Waals surface area contributed by atoms with Gasteiger partial charge in [0.25, 0.3) is 0 Å². The summed E-state index contributed by atoms with van der Waals surface area (Å²) in [5, 5.41) is 1.21. The van der Waals surface area contributed by atoms with Crippen LogP contribution in [0.2, 0.25) is 0 Å². The lowest BCUT2D eigenvalue weighted by atomic mass is 10.1. The highest BCUT2D eigenvalue weighted by Crippen LogP contribution is 2.23. The molecule has 0 saturated carbocycles. The Labute approximate surface area is 103 Å². The molecule has 0 bridgehead atoms. The fraction of sp³-hybridized carbons (Fsp3) is 0.308. The molecule has 0 saturated heterocycles. The minimum atomic E-state index is 0.651. The number of fused-ring (bicyclic) bond motifs is 2. The molecular formula is C13H12BrNO. The molecule has 3 heteroatoms. The van der Waals surface area contributed by atoms with Crippen LogP contribution in [0.15, 0.2) is 28.7 Å². The van der Waals surface area contributed by atoms with E-state index in [9.17, 15) is 0 Å². The maximum absolute atomic E-state index is 5.53. The summed E-state index contributed by atoms with van der Waals surface area (Å²) in [6, 6.07) is 8.47. The van der Waals surface area contributed by atoms with Gasteiger partial charge in [0.2, 0.25) is 0 Å². The normalized spacial score (nSPS) is 15.8. The van der Waals surface area contributed by atoms with E-state index >= 15 is 0 Å². The SMILES string of the molecule is Brc1ccc2cc3c(nc2c1)COCCC3. The molecule has 0 aliphatic carbocycles. The van der Waals surface area contributed by atoms with Crippen LogP contribution in [0.25, 0.3) is 10.9 Å². The topological polar surface area (TPSA) is 22.1 Å². The molecule has 1 aliphatic rings. The summed E-state index contributed by atoms with van der Waals surface area (Å²) in [7, 11) is 0. The lowest BCUT2D eigenvalue weighted by Crippen LogP contribution is -1.97. The first-order valence-corrected chi connectivity index (χ1v) is 6.28. The van der Waals surface area contributed by atoms with E-state index in [-0.39, 0.29) is 0 Å². The molecule has 0 amide bonds. The van der Waals surface area contributed by atoms with Crippen LogP contribution >= 0.6 is 15.9 Å². The van der Waals surface area contributed by atoms with Gasteiger partial charge in [-0.2, -0.15) is 0 Å². The molecular weight excluding hydrogens is 266 g/mol. The number of halogens is 1. The summed E-state index contributed by atoms with van der Waals surface area (Å²) < 4.78 is 6.60. The van der Waals surface area contributed by atoms with Crippen LogP contribution in [-0.4, -0.2) is 11.6 Å². The summed E-state index contributed by atoms with van der Waals surface area (Å²) in [5.41, 5.74) is 3.48. The molecule has 0 radical (unpaired) electrons. The Balaban J connectivity index is 2.20. The number of hydrogen-bond donors (Lipinski definition) is 0. The Morgan fingerprint density at radius 2 is 2.19 bits per heavy atom. The van der Waals surface area contributed by atoms with Gasteiger partial charge in [-0.25, -0.2) is 0 Å².